The van der Waals surface area contributed by atoms with Crippen LogP contribution in [0.1, 0.15) is 0 Å². The van der Waals surface area contributed by atoms with Crippen molar-refractivity contribution in [3.05, 3.63) is 182 Å². The van der Waals surface area contributed by atoms with E-state index in [4.69, 9.17) is 9.40 Å². The van der Waals surface area contributed by atoms with Crippen molar-refractivity contribution in [1.29, 1.82) is 0 Å². The third kappa shape index (κ3) is 4.56. The summed E-state index contributed by atoms with van der Waals surface area (Å²) in [7, 11) is 0. The summed E-state index contributed by atoms with van der Waals surface area (Å²) >= 11 is 0. The van der Waals surface area contributed by atoms with Crippen LogP contribution in [0.4, 0.5) is 17.1 Å². The number of hydrogen-bond donors (Lipinski definition) is 0. The highest BCUT2D eigenvalue weighted by molar-refractivity contribution is 6.13. The number of furan rings is 1. The maximum atomic E-state index is 6.29. The fraction of sp³-hybridized carbons (Fsp3) is 0. The molecular formula is C47H30N2O. The highest BCUT2D eigenvalue weighted by Gasteiger charge is 2.21. The zero-order chi connectivity index (χ0) is 33.0. The lowest BCUT2D eigenvalue weighted by Crippen LogP contribution is -2.12. The second-order valence-electron chi connectivity index (χ2n) is 12.8. The van der Waals surface area contributed by atoms with Gasteiger partial charge in [0, 0.05) is 39.0 Å². The third-order valence-corrected chi connectivity index (χ3v) is 9.93. The van der Waals surface area contributed by atoms with Crippen LogP contribution >= 0.6 is 0 Å². The van der Waals surface area contributed by atoms with E-state index < -0.39 is 0 Å². The number of hydrogen-bond acceptors (Lipinski definition) is 3. The molecule has 0 unspecified atom stereocenters. The average Bonchev–Trinajstić information content (AvgIpc) is 3.55. The number of benzene rings is 8. The number of para-hydroxylation sites is 2. The standard InChI is InChI=1S/C47H30N2O/c1-3-15-36-31(11-1)13-9-19-37(36)33-23-25-35(26-24-33)49(44-21-7-5-17-40(44)39-20-10-14-32-12-2-4-16-38(32)39)45-30-48-29-34-27-47-43(28-42(34)45)41-18-6-8-22-46(41)50-47/h1-30H. The van der Waals surface area contributed by atoms with Crippen LogP contribution in [0.2, 0.25) is 0 Å². The number of aromatic nitrogens is 1. The molecule has 0 aliphatic carbocycles. The van der Waals surface area contributed by atoms with Crippen molar-refractivity contribution >= 4 is 71.3 Å². The third-order valence-electron chi connectivity index (χ3n) is 9.93. The highest BCUT2D eigenvalue weighted by atomic mass is 16.3. The summed E-state index contributed by atoms with van der Waals surface area (Å²) in [6.45, 7) is 0. The van der Waals surface area contributed by atoms with Crippen molar-refractivity contribution in [3.8, 4) is 22.3 Å². The molecule has 0 atom stereocenters. The van der Waals surface area contributed by atoms with E-state index >= 15 is 0 Å². The van der Waals surface area contributed by atoms with Gasteiger partial charge in [-0.2, -0.15) is 0 Å². The Kier molecular flexibility index (Phi) is 6.49. The van der Waals surface area contributed by atoms with E-state index in [0.717, 1.165) is 55.3 Å². The fourth-order valence-electron chi connectivity index (χ4n) is 7.58. The monoisotopic (exact) mass is 638 g/mol. The molecule has 0 saturated carbocycles. The SMILES string of the molecule is c1ccc(N(c2ccc(-c3cccc4ccccc34)cc2)c2cncc3cc4oc5ccccc5c4cc23)c(-c2cccc3ccccc23)c1. The largest absolute Gasteiger partial charge is 0.456 e. The fourth-order valence-corrected chi connectivity index (χ4v) is 7.58. The van der Waals surface area contributed by atoms with Crippen molar-refractivity contribution in [1.82, 2.24) is 4.98 Å². The van der Waals surface area contributed by atoms with Crippen LogP contribution in [0.3, 0.4) is 0 Å². The number of anilines is 3. The first kappa shape index (κ1) is 28.3. The van der Waals surface area contributed by atoms with Gasteiger partial charge in [0.25, 0.3) is 0 Å². The Labute approximate surface area is 289 Å². The minimum Gasteiger partial charge on any atom is -0.456 e. The molecule has 2 aromatic heterocycles. The summed E-state index contributed by atoms with van der Waals surface area (Å²) in [5.41, 5.74) is 9.60. The Hall–Kier alpha value is -6.71. The summed E-state index contributed by atoms with van der Waals surface area (Å²) in [6.07, 6.45) is 3.93. The van der Waals surface area contributed by atoms with Gasteiger partial charge in [-0.1, -0.05) is 133 Å². The summed E-state index contributed by atoms with van der Waals surface area (Å²) in [5.74, 6) is 0. The molecule has 0 aliphatic rings. The zero-order valence-corrected chi connectivity index (χ0v) is 27.1. The van der Waals surface area contributed by atoms with Gasteiger partial charge in [0.1, 0.15) is 11.2 Å². The molecule has 0 fully saturated rings. The lowest BCUT2D eigenvalue weighted by molar-refractivity contribution is 0.669. The molecule has 3 nitrogen and oxygen atoms in total. The van der Waals surface area contributed by atoms with Crippen LogP contribution in [0.25, 0.3) is 76.5 Å². The Morgan fingerprint density at radius 3 is 1.80 bits per heavy atom. The number of nitrogens with zero attached hydrogens (tertiary/aromatic N) is 2. The Morgan fingerprint density at radius 1 is 0.380 bits per heavy atom. The van der Waals surface area contributed by atoms with E-state index in [1.807, 2.05) is 24.5 Å². The molecule has 3 heteroatoms. The first-order valence-corrected chi connectivity index (χ1v) is 16.9. The van der Waals surface area contributed by atoms with Gasteiger partial charge in [0.05, 0.1) is 17.6 Å². The molecule has 0 saturated heterocycles. The van der Waals surface area contributed by atoms with Crippen LogP contribution in [-0.2, 0) is 0 Å². The molecule has 8 aromatic carbocycles. The quantitative estimate of drug-likeness (QED) is 0.188. The van der Waals surface area contributed by atoms with Crippen LogP contribution in [0.5, 0.6) is 0 Å². The molecular weight excluding hydrogens is 609 g/mol. The Morgan fingerprint density at radius 2 is 1.00 bits per heavy atom. The van der Waals surface area contributed by atoms with E-state index in [1.54, 1.807) is 0 Å². The normalized spacial score (nSPS) is 11.6. The first-order chi connectivity index (χ1) is 24.8. The van der Waals surface area contributed by atoms with Gasteiger partial charge >= 0.3 is 0 Å². The van der Waals surface area contributed by atoms with Gasteiger partial charge < -0.3 is 9.32 Å². The predicted molar refractivity (Wildman–Crippen MR) is 210 cm³/mol. The molecule has 50 heavy (non-hydrogen) atoms. The number of rotatable bonds is 5. The van der Waals surface area contributed by atoms with Crippen molar-refractivity contribution in [3.63, 3.8) is 0 Å². The molecule has 10 rings (SSSR count). The van der Waals surface area contributed by atoms with Crippen LogP contribution in [0, 0.1) is 0 Å². The molecule has 0 bridgehead atoms. The maximum Gasteiger partial charge on any atom is 0.136 e. The van der Waals surface area contributed by atoms with E-state index in [9.17, 15) is 0 Å². The van der Waals surface area contributed by atoms with Crippen molar-refractivity contribution < 1.29 is 4.42 Å². The van der Waals surface area contributed by atoms with E-state index in [-0.39, 0.29) is 0 Å². The maximum absolute atomic E-state index is 6.29. The average molecular weight is 639 g/mol. The zero-order valence-electron chi connectivity index (χ0n) is 27.1. The lowest BCUT2D eigenvalue weighted by Gasteiger charge is -2.29. The summed E-state index contributed by atoms with van der Waals surface area (Å²) in [5, 5.41) is 9.24. The topological polar surface area (TPSA) is 29.3 Å². The molecule has 0 aliphatic heterocycles. The Balaban J connectivity index is 1.23. The Bertz CT molecular complexity index is 2870. The van der Waals surface area contributed by atoms with Gasteiger partial charge in [-0.3, -0.25) is 4.98 Å². The number of pyridine rings is 1. The minimum atomic E-state index is 0.861. The van der Waals surface area contributed by atoms with E-state index in [2.05, 4.69) is 163 Å². The second-order valence-corrected chi connectivity index (χ2v) is 12.8. The van der Waals surface area contributed by atoms with Crippen LogP contribution in [-0.4, -0.2) is 4.98 Å². The van der Waals surface area contributed by atoms with Gasteiger partial charge in [-0.05, 0) is 74.6 Å². The first-order valence-electron chi connectivity index (χ1n) is 16.9. The van der Waals surface area contributed by atoms with E-state index in [0.29, 0.717) is 0 Å². The molecule has 0 spiro atoms. The second kappa shape index (κ2) is 11.5. The van der Waals surface area contributed by atoms with Crippen LogP contribution < -0.4 is 4.90 Å². The molecule has 2 heterocycles. The lowest BCUT2D eigenvalue weighted by atomic mass is 9.95. The highest BCUT2D eigenvalue weighted by Crippen LogP contribution is 2.46. The molecule has 234 valence electrons. The minimum absolute atomic E-state index is 0.861. The molecule has 0 N–H and O–H groups in total. The van der Waals surface area contributed by atoms with Gasteiger partial charge in [-0.15, -0.1) is 0 Å². The molecule has 10 aromatic rings. The van der Waals surface area contributed by atoms with Gasteiger partial charge in [-0.25, -0.2) is 0 Å². The predicted octanol–water partition coefficient (Wildman–Crippen LogP) is 13.2. The number of fused-ring (bicyclic) bond motifs is 6. The summed E-state index contributed by atoms with van der Waals surface area (Å²) in [4.78, 5) is 7.18. The summed E-state index contributed by atoms with van der Waals surface area (Å²) in [6, 6.07) is 60.6. The van der Waals surface area contributed by atoms with Crippen molar-refractivity contribution in [2.24, 2.45) is 0 Å². The van der Waals surface area contributed by atoms with Crippen LogP contribution in [0.15, 0.2) is 187 Å². The van der Waals surface area contributed by atoms with Crippen molar-refractivity contribution in [2.75, 3.05) is 4.90 Å². The molecule has 0 radical (unpaired) electrons. The van der Waals surface area contributed by atoms with Gasteiger partial charge in [0.15, 0.2) is 0 Å². The van der Waals surface area contributed by atoms with Gasteiger partial charge in [0.2, 0.25) is 0 Å². The summed E-state index contributed by atoms with van der Waals surface area (Å²) < 4.78 is 6.29. The van der Waals surface area contributed by atoms with Crippen molar-refractivity contribution in [2.45, 2.75) is 0 Å². The molecule has 0 amide bonds. The smallest absolute Gasteiger partial charge is 0.136 e. The van der Waals surface area contributed by atoms with E-state index in [1.165, 1.54) is 38.2 Å².